The van der Waals surface area contributed by atoms with Gasteiger partial charge in [0.15, 0.2) is 0 Å². The number of benzene rings is 1. The average Bonchev–Trinajstić information content (AvgIpc) is 2.66. The van der Waals surface area contributed by atoms with Crippen LogP contribution in [-0.4, -0.2) is 36.0 Å². The molecule has 0 unspecified atom stereocenters. The van der Waals surface area contributed by atoms with E-state index in [4.69, 9.17) is 0 Å². The van der Waals surface area contributed by atoms with Crippen LogP contribution in [0.4, 0.5) is 5.69 Å². The number of nitrogens with one attached hydrogen (secondary N) is 2. The van der Waals surface area contributed by atoms with E-state index in [2.05, 4.69) is 15.4 Å². The van der Waals surface area contributed by atoms with Crippen molar-refractivity contribution < 1.29 is 19.1 Å². The lowest BCUT2D eigenvalue weighted by molar-refractivity contribution is -0.139. The van der Waals surface area contributed by atoms with E-state index >= 15 is 0 Å². The number of rotatable bonds is 5. The molecule has 148 valence electrons. The first-order valence-corrected chi connectivity index (χ1v) is 8.62. The van der Waals surface area contributed by atoms with Gasteiger partial charge in [0, 0.05) is 23.0 Å². The van der Waals surface area contributed by atoms with Gasteiger partial charge in [0.1, 0.15) is 12.1 Å². The monoisotopic (exact) mass is 385 g/mol. The maximum Gasteiger partial charge on any atom is 0.325 e. The number of pyridine rings is 1. The number of aromatic nitrogens is 1. The lowest BCUT2D eigenvalue weighted by Gasteiger charge is -2.18. The maximum atomic E-state index is 12.6. The molecule has 28 heavy (non-hydrogen) atoms. The molecule has 2 N–H and O–H groups in total. The summed E-state index contributed by atoms with van der Waals surface area (Å²) >= 11 is 0. The zero-order valence-corrected chi connectivity index (χ0v) is 16.2. The third kappa shape index (κ3) is 5.06. The van der Waals surface area contributed by atoms with E-state index in [1.54, 1.807) is 30.3 Å². The number of carbonyl (C=O) groups is 3. The van der Waals surface area contributed by atoms with Gasteiger partial charge in [0.05, 0.1) is 7.11 Å². The van der Waals surface area contributed by atoms with Gasteiger partial charge in [-0.25, -0.2) is 0 Å². The molecule has 0 aliphatic carbocycles. The number of hydrogen-bond donors (Lipinski definition) is 2. The summed E-state index contributed by atoms with van der Waals surface area (Å²) in [6.45, 7) is 5.11. The molecule has 0 fully saturated rings. The fourth-order valence-electron chi connectivity index (χ4n) is 2.21. The fraction of sp³-hybridized carbons (Fsp3) is 0.300. The molecule has 1 heterocycles. The zero-order chi connectivity index (χ0) is 20.9. The largest absolute Gasteiger partial charge is 0.468 e. The SMILES string of the molecule is COC(=O)CNC(=O)c1cccn(-c2ccc(NC(=O)C(C)(C)C)cc2)c1=O. The molecule has 2 amide bonds. The van der Waals surface area contributed by atoms with Crippen molar-refractivity contribution in [3.63, 3.8) is 0 Å². The quantitative estimate of drug-likeness (QED) is 0.763. The Morgan fingerprint density at radius 3 is 2.29 bits per heavy atom. The van der Waals surface area contributed by atoms with Crippen LogP contribution in [0.25, 0.3) is 5.69 Å². The summed E-state index contributed by atoms with van der Waals surface area (Å²) in [5.74, 6) is -1.40. The van der Waals surface area contributed by atoms with Crippen molar-refractivity contribution >= 4 is 23.5 Å². The fourth-order valence-corrected chi connectivity index (χ4v) is 2.21. The third-order valence-corrected chi connectivity index (χ3v) is 3.90. The minimum absolute atomic E-state index is 0.100. The van der Waals surface area contributed by atoms with Gasteiger partial charge in [-0.1, -0.05) is 20.8 Å². The smallest absolute Gasteiger partial charge is 0.325 e. The van der Waals surface area contributed by atoms with Gasteiger partial charge < -0.3 is 15.4 Å². The van der Waals surface area contributed by atoms with E-state index in [1.165, 1.54) is 23.9 Å². The van der Waals surface area contributed by atoms with E-state index in [0.717, 1.165) is 0 Å². The highest BCUT2D eigenvalue weighted by Gasteiger charge is 2.21. The number of hydrogen-bond acceptors (Lipinski definition) is 5. The van der Waals surface area contributed by atoms with Crippen LogP contribution in [0.1, 0.15) is 31.1 Å². The summed E-state index contributed by atoms with van der Waals surface area (Å²) in [6.07, 6.45) is 1.53. The molecular formula is C20H23N3O5. The van der Waals surface area contributed by atoms with Gasteiger partial charge in [-0.2, -0.15) is 0 Å². The number of anilines is 1. The van der Waals surface area contributed by atoms with Crippen LogP contribution in [0.15, 0.2) is 47.4 Å². The van der Waals surface area contributed by atoms with Gasteiger partial charge in [-0.05, 0) is 36.4 Å². The predicted octanol–water partition coefficient (Wildman–Crippen LogP) is 1.72. The third-order valence-electron chi connectivity index (χ3n) is 3.90. The summed E-state index contributed by atoms with van der Waals surface area (Å²) in [7, 11) is 1.21. The molecule has 1 aromatic heterocycles. The minimum Gasteiger partial charge on any atom is -0.468 e. The van der Waals surface area contributed by atoms with E-state index in [0.29, 0.717) is 11.4 Å². The van der Waals surface area contributed by atoms with Gasteiger partial charge in [0.2, 0.25) is 5.91 Å². The molecule has 8 heteroatoms. The van der Waals surface area contributed by atoms with E-state index in [-0.39, 0.29) is 18.0 Å². The standard InChI is InChI=1S/C20H23N3O5/c1-20(2,3)19(27)22-13-7-9-14(10-8-13)23-11-5-6-15(18(23)26)17(25)21-12-16(24)28-4/h5-11H,12H2,1-4H3,(H,21,25)(H,22,27). The van der Waals surface area contributed by atoms with Crippen LogP contribution in [0.2, 0.25) is 0 Å². The Morgan fingerprint density at radius 1 is 1.07 bits per heavy atom. The first kappa shape index (κ1) is 20.9. The molecule has 0 saturated carbocycles. The Balaban J connectivity index is 2.22. The molecule has 0 radical (unpaired) electrons. The molecule has 2 rings (SSSR count). The van der Waals surface area contributed by atoms with Gasteiger partial charge in [-0.15, -0.1) is 0 Å². The van der Waals surface area contributed by atoms with Crippen molar-refractivity contribution in [1.82, 2.24) is 9.88 Å². The molecule has 0 aliphatic rings. The van der Waals surface area contributed by atoms with Crippen LogP contribution in [0.3, 0.4) is 0 Å². The number of ether oxygens (including phenoxy) is 1. The summed E-state index contributed by atoms with van der Waals surface area (Å²) < 4.78 is 5.76. The number of esters is 1. The summed E-state index contributed by atoms with van der Waals surface area (Å²) in [5.41, 5.74) is -0.0282. The predicted molar refractivity (Wildman–Crippen MR) is 104 cm³/mol. The molecule has 0 atom stereocenters. The molecule has 2 aromatic rings. The van der Waals surface area contributed by atoms with E-state index < -0.39 is 22.9 Å². The molecule has 1 aromatic carbocycles. The highest BCUT2D eigenvalue weighted by atomic mass is 16.5. The van der Waals surface area contributed by atoms with Crippen LogP contribution < -0.4 is 16.2 Å². The molecular weight excluding hydrogens is 362 g/mol. The van der Waals surface area contributed by atoms with Crippen molar-refractivity contribution in [2.75, 3.05) is 19.0 Å². The van der Waals surface area contributed by atoms with E-state index in [1.807, 2.05) is 20.8 Å². The lowest BCUT2D eigenvalue weighted by Crippen LogP contribution is -2.35. The second-order valence-electron chi connectivity index (χ2n) is 7.11. The number of methoxy groups -OCH3 is 1. The van der Waals surface area contributed by atoms with Crippen molar-refractivity contribution in [3.05, 3.63) is 58.5 Å². The normalized spacial score (nSPS) is 10.9. The zero-order valence-electron chi connectivity index (χ0n) is 16.2. The molecule has 0 saturated heterocycles. The average molecular weight is 385 g/mol. The summed E-state index contributed by atoms with van der Waals surface area (Å²) in [6, 6.07) is 9.61. The number of nitrogens with zero attached hydrogens (tertiary/aromatic N) is 1. The second-order valence-corrected chi connectivity index (χ2v) is 7.11. The van der Waals surface area contributed by atoms with Crippen molar-refractivity contribution in [3.8, 4) is 5.69 Å². The maximum absolute atomic E-state index is 12.6. The highest BCUT2D eigenvalue weighted by molar-refractivity contribution is 5.96. The summed E-state index contributed by atoms with van der Waals surface area (Å²) in [5, 5.41) is 5.14. The van der Waals surface area contributed by atoms with Crippen molar-refractivity contribution in [2.24, 2.45) is 5.41 Å². The van der Waals surface area contributed by atoms with Gasteiger partial charge in [0.25, 0.3) is 11.5 Å². The summed E-state index contributed by atoms with van der Waals surface area (Å²) in [4.78, 5) is 48.0. The lowest BCUT2D eigenvalue weighted by atomic mass is 9.95. The van der Waals surface area contributed by atoms with Crippen LogP contribution >= 0.6 is 0 Å². The number of amides is 2. The first-order chi connectivity index (χ1) is 13.1. The molecule has 0 bridgehead atoms. The van der Waals surface area contributed by atoms with E-state index in [9.17, 15) is 19.2 Å². The van der Waals surface area contributed by atoms with Crippen LogP contribution in [0.5, 0.6) is 0 Å². The Kier molecular flexibility index (Phi) is 6.35. The minimum atomic E-state index is -0.668. The molecule has 0 aliphatic heterocycles. The Hall–Kier alpha value is -3.42. The Bertz CT molecular complexity index is 940. The highest BCUT2D eigenvalue weighted by Crippen LogP contribution is 2.18. The molecule has 0 spiro atoms. The van der Waals surface area contributed by atoms with Crippen molar-refractivity contribution in [2.45, 2.75) is 20.8 Å². The Morgan fingerprint density at radius 2 is 1.71 bits per heavy atom. The van der Waals surface area contributed by atoms with Crippen LogP contribution in [-0.2, 0) is 14.3 Å². The molecule has 8 nitrogen and oxygen atoms in total. The second kappa shape index (κ2) is 8.51. The Labute approximate surface area is 162 Å². The number of carbonyl (C=O) groups excluding carboxylic acids is 3. The van der Waals surface area contributed by atoms with Crippen molar-refractivity contribution in [1.29, 1.82) is 0 Å². The topological polar surface area (TPSA) is 106 Å². The van der Waals surface area contributed by atoms with Crippen LogP contribution in [0, 0.1) is 5.41 Å². The first-order valence-electron chi connectivity index (χ1n) is 8.62. The van der Waals surface area contributed by atoms with Gasteiger partial charge in [-0.3, -0.25) is 23.7 Å². The van der Waals surface area contributed by atoms with Gasteiger partial charge >= 0.3 is 5.97 Å².